The van der Waals surface area contributed by atoms with Crippen molar-refractivity contribution in [3.05, 3.63) is 125 Å². The monoisotopic (exact) mass is 783 g/mol. The van der Waals surface area contributed by atoms with E-state index in [1.54, 1.807) is 28.4 Å². The first-order valence-electron chi connectivity index (χ1n) is 21.7. The van der Waals surface area contributed by atoms with Crippen LogP contribution in [0.2, 0.25) is 0 Å². The minimum absolute atomic E-state index is 0.144. The highest BCUT2D eigenvalue weighted by molar-refractivity contribution is 5.70. The number of anilines is 1. The molecule has 58 heavy (non-hydrogen) atoms. The summed E-state index contributed by atoms with van der Waals surface area (Å²) in [6.45, 7) is 10.1. The molecule has 1 unspecified atom stereocenters. The molecular formula is C51H65N3O4. The van der Waals surface area contributed by atoms with Gasteiger partial charge in [0.15, 0.2) is 11.5 Å². The van der Waals surface area contributed by atoms with E-state index in [1.807, 2.05) is 13.8 Å². The molecule has 0 spiro atoms. The standard InChI is InChI=1S/C49H59N3O4.C2H6/c1-33-44(36-10-7-11-36)28-40(30-47(33)54-3)46-26-35(19-22-50-46)31-51-23-20-42(21-24-51)52(41-15-17-43(53-2)18-16-41)32-34-9-6-14-38(25-34)39-27-45(37-12-8-13-37)49(56-5)48(29-39)55-4;1-2/h6,9,14-19,22,25-30,36-37,42,46,50H,7-8,10-13,20-21,23-24,31-32H2,1-5H3;1-2H3. The third kappa shape index (κ3) is 9.05. The Hall–Kier alpha value is -4.88. The molecule has 1 saturated heterocycles. The Morgan fingerprint density at radius 2 is 1.41 bits per heavy atom. The molecule has 2 saturated carbocycles. The summed E-state index contributed by atoms with van der Waals surface area (Å²) >= 11 is 0. The molecule has 7 heteroatoms. The number of likely N-dealkylation sites (tertiary alicyclic amines) is 1. The van der Waals surface area contributed by atoms with Gasteiger partial charge in [-0.2, -0.15) is 0 Å². The van der Waals surface area contributed by atoms with Crippen molar-refractivity contribution in [1.29, 1.82) is 0 Å². The van der Waals surface area contributed by atoms with Crippen molar-refractivity contribution in [3.8, 4) is 34.1 Å². The van der Waals surface area contributed by atoms with Crippen molar-refractivity contribution in [2.75, 3.05) is 53.0 Å². The average molecular weight is 784 g/mol. The Kier molecular flexibility index (Phi) is 13.7. The van der Waals surface area contributed by atoms with Crippen molar-refractivity contribution >= 4 is 5.69 Å². The summed E-state index contributed by atoms with van der Waals surface area (Å²) in [6, 6.07) is 27.4. The fourth-order valence-corrected chi connectivity index (χ4v) is 9.22. The second-order valence-electron chi connectivity index (χ2n) is 16.2. The lowest BCUT2D eigenvalue weighted by atomic mass is 9.77. The smallest absolute Gasteiger partial charge is 0.164 e. The zero-order valence-corrected chi connectivity index (χ0v) is 36.0. The highest BCUT2D eigenvalue weighted by Crippen LogP contribution is 2.47. The number of methoxy groups -OCH3 is 4. The molecule has 4 aromatic rings. The van der Waals surface area contributed by atoms with Crippen LogP contribution in [0, 0.1) is 6.92 Å². The maximum absolute atomic E-state index is 5.87. The molecule has 4 aliphatic rings. The number of rotatable bonds is 14. The van der Waals surface area contributed by atoms with Gasteiger partial charge in [-0.3, -0.25) is 4.90 Å². The number of dihydropyridines is 1. The Balaban J connectivity index is 0.00000252. The van der Waals surface area contributed by atoms with Gasteiger partial charge in [0, 0.05) is 43.5 Å². The molecule has 1 atom stereocenters. The predicted octanol–water partition coefficient (Wildman–Crippen LogP) is 11.5. The number of hydrogen-bond donors (Lipinski definition) is 1. The maximum Gasteiger partial charge on any atom is 0.164 e. The Morgan fingerprint density at radius 1 is 0.707 bits per heavy atom. The van der Waals surface area contributed by atoms with Gasteiger partial charge in [-0.05, 0) is 157 Å². The summed E-state index contributed by atoms with van der Waals surface area (Å²) in [5, 5.41) is 3.63. The van der Waals surface area contributed by atoms with Crippen LogP contribution in [0.4, 0.5) is 5.69 Å². The summed E-state index contributed by atoms with van der Waals surface area (Å²) in [7, 11) is 7.03. The number of hydrogen-bond acceptors (Lipinski definition) is 7. The van der Waals surface area contributed by atoms with E-state index in [0.29, 0.717) is 17.9 Å². The number of benzene rings is 4. The van der Waals surface area contributed by atoms with Gasteiger partial charge in [-0.15, -0.1) is 0 Å². The molecule has 2 aliphatic carbocycles. The molecule has 2 heterocycles. The molecule has 2 aliphatic heterocycles. The first-order valence-corrected chi connectivity index (χ1v) is 21.7. The van der Waals surface area contributed by atoms with Gasteiger partial charge in [0.05, 0.1) is 34.5 Å². The van der Waals surface area contributed by atoms with Gasteiger partial charge in [-0.25, -0.2) is 0 Å². The molecule has 4 aromatic carbocycles. The van der Waals surface area contributed by atoms with Crippen LogP contribution in [0.1, 0.15) is 111 Å². The predicted molar refractivity (Wildman–Crippen MR) is 239 cm³/mol. The number of ether oxygens (including phenoxy) is 4. The average Bonchev–Trinajstić information content (AvgIpc) is 3.23. The lowest BCUT2D eigenvalue weighted by Crippen LogP contribution is -2.45. The van der Waals surface area contributed by atoms with E-state index in [1.165, 1.54) is 88.7 Å². The van der Waals surface area contributed by atoms with Crippen molar-refractivity contribution in [2.24, 2.45) is 0 Å². The Labute approximate surface area is 348 Å². The van der Waals surface area contributed by atoms with Gasteiger partial charge >= 0.3 is 0 Å². The lowest BCUT2D eigenvalue weighted by Gasteiger charge is -2.40. The highest BCUT2D eigenvalue weighted by atomic mass is 16.5. The van der Waals surface area contributed by atoms with Crippen LogP contribution in [-0.2, 0) is 6.54 Å². The second kappa shape index (κ2) is 19.2. The van der Waals surface area contributed by atoms with Gasteiger partial charge in [0.25, 0.3) is 0 Å². The molecule has 7 nitrogen and oxygen atoms in total. The fourth-order valence-electron chi connectivity index (χ4n) is 9.22. The van der Waals surface area contributed by atoms with Gasteiger partial charge < -0.3 is 29.2 Å². The summed E-state index contributed by atoms with van der Waals surface area (Å²) < 4.78 is 23.1. The fraction of sp³-hybridized carbons (Fsp3) is 0.451. The number of piperidine rings is 1. The van der Waals surface area contributed by atoms with E-state index in [9.17, 15) is 0 Å². The van der Waals surface area contributed by atoms with E-state index >= 15 is 0 Å². The first-order chi connectivity index (χ1) is 28.4. The van der Waals surface area contributed by atoms with Crippen LogP contribution in [0.25, 0.3) is 11.1 Å². The molecule has 0 bridgehead atoms. The van der Waals surface area contributed by atoms with Crippen LogP contribution in [0.5, 0.6) is 23.0 Å². The summed E-state index contributed by atoms with van der Waals surface area (Å²) in [5.74, 6) is 4.77. The molecule has 3 fully saturated rings. The van der Waals surface area contributed by atoms with Crippen LogP contribution in [0.3, 0.4) is 0 Å². The Bertz CT molecular complexity index is 2040. The van der Waals surface area contributed by atoms with Gasteiger partial charge in [0.1, 0.15) is 11.5 Å². The van der Waals surface area contributed by atoms with E-state index < -0.39 is 0 Å². The van der Waals surface area contributed by atoms with E-state index in [4.69, 9.17) is 18.9 Å². The van der Waals surface area contributed by atoms with Crippen LogP contribution >= 0.6 is 0 Å². The number of nitrogens with one attached hydrogen (secondary N) is 1. The van der Waals surface area contributed by atoms with Crippen molar-refractivity contribution < 1.29 is 18.9 Å². The molecule has 8 rings (SSSR count). The van der Waals surface area contributed by atoms with E-state index in [0.717, 1.165) is 62.0 Å². The molecule has 0 aromatic heterocycles. The van der Waals surface area contributed by atoms with Gasteiger partial charge in [-0.1, -0.05) is 57.0 Å². The highest BCUT2D eigenvalue weighted by Gasteiger charge is 2.29. The van der Waals surface area contributed by atoms with Crippen LogP contribution in [0.15, 0.2) is 96.7 Å². The third-order valence-corrected chi connectivity index (χ3v) is 13.0. The summed E-state index contributed by atoms with van der Waals surface area (Å²) in [4.78, 5) is 5.25. The SMILES string of the molecule is CC.COc1ccc(N(Cc2cccc(-c3cc(OC)c(OC)c(C4CCC4)c3)c2)C2CCN(CC3=CC(c4cc(OC)c(C)c(C5CCC5)c4)NC=C3)CC2)cc1. The van der Waals surface area contributed by atoms with E-state index in [-0.39, 0.29) is 6.04 Å². The van der Waals surface area contributed by atoms with E-state index in [2.05, 4.69) is 113 Å². The number of nitrogens with zero attached hydrogens (tertiary/aromatic N) is 2. The van der Waals surface area contributed by atoms with Crippen molar-refractivity contribution in [3.63, 3.8) is 0 Å². The summed E-state index contributed by atoms with van der Waals surface area (Å²) in [6.07, 6.45) is 16.6. The zero-order valence-electron chi connectivity index (χ0n) is 36.0. The van der Waals surface area contributed by atoms with Crippen molar-refractivity contribution in [2.45, 2.75) is 103 Å². The van der Waals surface area contributed by atoms with Crippen molar-refractivity contribution in [1.82, 2.24) is 10.2 Å². The minimum atomic E-state index is 0.144. The molecule has 0 radical (unpaired) electrons. The molecule has 1 N–H and O–H groups in total. The summed E-state index contributed by atoms with van der Waals surface area (Å²) in [5.41, 5.74) is 11.6. The minimum Gasteiger partial charge on any atom is -0.497 e. The molecular weight excluding hydrogens is 719 g/mol. The van der Waals surface area contributed by atoms with Crippen LogP contribution < -0.4 is 29.2 Å². The normalized spacial score (nSPS) is 18.5. The van der Waals surface area contributed by atoms with Gasteiger partial charge in [0.2, 0.25) is 0 Å². The maximum atomic E-state index is 5.87. The lowest BCUT2D eigenvalue weighted by molar-refractivity contribution is 0.224. The largest absolute Gasteiger partial charge is 0.497 e. The molecule has 0 amide bonds. The molecule has 308 valence electrons. The quantitative estimate of drug-likeness (QED) is 0.137. The Morgan fingerprint density at radius 3 is 2.05 bits per heavy atom. The van der Waals surface area contributed by atoms with Crippen LogP contribution in [-0.4, -0.2) is 59.0 Å². The third-order valence-electron chi connectivity index (χ3n) is 13.0. The zero-order chi connectivity index (χ0) is 40.6. The first kappa shape index (κ1) is 41.3. The second-order valence-corrected chi connectivity index (χ2v) is 16.2. The topological polar surface area (TPSA) is 55.4 Å².